The lowest BCUT2D eigenvalue weighted by Crippen LogP contribution is -2.17. The van der Waals surface area contributed by atoms with Crippen molar-refractivity contribution in [2.45, 2.75) is 71.6 Å². The SMILES string of the molecule is CC(C)(C)c1cccc(N(c2cccc(-c3ccccc3)c2)c2ccc3c(c2)C(C)(C)c2c-3n3c4c2cc(-c2ccccc2)cc4c2sc4cc(N(c5cccc(-c6ccccc6)c5)c5cccc(C(C)(C)C)c5)ccc4c23)c1. The van der Waals surface area contributed by atoms with Crippen LogP contribution in [0.4, 0.5) is 34.1 Å². The Hall–Kier alpha value is -8.70. The molecule has 3 heterocycles. The van der Waals surface area contributed by atoms with Crippen LogP contribution in [0.1, 0.15) is 77.6 Å². The molecule has 0 amide bonds. The molecule has 1 aliphatic carbocycles. The summed E-state index contributed by atoms with van der Waals surface area (Å²) in [5.41, 5.74) is 24.3. The molecule has 0 atom stereocenters. The third-order valence-corrected chi connectivity index (χ3v) is 17.9. The first-order chi connectivity index (χ1) is 38.2. The van der Waals surface area contributed by atoms with E-state index in [9.17, 15) is 0 Å². The Bertz CT molecular complexity index is 4470. The Balaban J connectivity index is 0.983. The molecule has 0 unspecified atom stereocenters. The van der Waals surface area contributed by atoms with E-state index in [4.69, 9.17) is 0 Å². The molecule has 0 spiro atoms. The Morgan fingerprint density at radius 2 is 0.810 bits per heavy atom. The minimum Gasteiger partial charge on any atom is -0.310 e. The van der Waals surface area contributed by atoms with Gasteiger partial charge in [-0.2, -0.15) is 0 Å². The van der Waals surface area contributed by atoms with E-state index in [0.29, 0.717) is 0 Å². The average molecular weight is 1040 g/mol. The van der Waals surface area contributed by atoms with Gasteiger partial charge in [0.2, 0.25) is 0 Å². The van der Waals surface area contributed by atoms with Gasteiger partial charge in [-0.15, -0.1) is 11.3 Å². The van der Waals surface area contributed by atoms with Gasteiger partial charge in [0, 0.05) is 66.0 Å². The lowest BCUT2D eigenvalue weighted by Gasteiger charge is -2.30. The molecule has 3 nitrogen and oxygen atoms in total. The van der Waals surface area contributed by atoms with Gasteiger partial charge in [0.25, 0.3) is 0 Å². The number of rotatable bonds is 9. The van der Waals surface area contributed by atoms with E-state index in [0.717, 1.165) is 34.1 Å². The largest absolute Gasteiger partial charge is 0.310 e. The quantitative estimate of drug-likeness (QED) is 0.143. The summed E-state index contributed by atoms with van der Waals surface area (Å²) in [7, 11) is 0. The van der Waals surface area contributed by atoms with Crippen molar-refractivity contribution in [1.29, 1.82) is 0 Å². The molecular formula is C75H63N3S. The summed E-state index contributed by atoms with van der Waals surface area (Å²) in [6, 6.07) is 88.2. The Morgan fingerprint density at radius 1 is 0.367 bits per heavy atom. The summed E-state index contributed by atoms with van der Waals surface area (Å²) in [6.45, 7) is 18.7. The molecule has 13 aromatic rings. The Labute approximate surface area is 468 Å². The molecule has 0 radical (unpaired) electrons. The fraction of sp³-hybridized carbons (Fsp3) is 0.147. The molecule has 0 bridgehead atoms. The predicted molar refractivity (Wildman–Crippen MR) is 340 cm³/mol. The van der Waals surface area contributed by atoms with E-state index in [1.807, 2.05) is 11.3 Å². The predicted octanol–water partition coefficient (Wildman–Crippen LogP) is 21.7. The number of benzene rings is 10. The lowest BCUT2D eigenvalue weighted by molar-refractivity contribution is 0.590. The molecule has 0 saturated heterocycles. The van der Waals surface area contributed by atoms with Gasteiger partial charge in [-0.3, -0.25) is 0 Å². The van der Waals surface area contributed by atoms with Gasteiger partial charge in [0.1, 0.15) is 0 Å². The van der Waals surface area contributed by atoms with E-state index in [1.165, 1.54) is 103 Å². The second kappa shape index (κ2) is 18.2. The molecular weight excluding hydrogens is 975 g/mol. The molecule has 3 aromatic heterocycles. The number of anilines is 6. The topological polar surface area (TPSA) is 10.9 Å². The molecule has 384 valence electrons. The lowest BCUT2D eigenvalue weighted by atomic mass is 9.81. The third kappa shape index (κ3) is 8.06. The number of hydrogen-bond donors (Lipinski definition) is 0. The zero-order chi connectivity index (χ0) is 54.0. The van der Waals surface area contributed by atoms with Crippen molar-refractivity contribution in [3.05, 3.63) is 259 Å². The summed E-state index contributed by atoms with van der Waals surface area (Å²) >= 11 is 1.93. The van der Waals surface area contributed by atoms with Crippen LogP contribution >= 0.6 is 11.3 Å². The second-order valence-corrected chi connectivity index (χ2v) is 25.3. The maximum Gasteiger partial charge on any atom is 0.0728 e. The molecule has 79 heavy (non-hydrogen) atoms. The highest BCUT2D eigenvalue weighted by atomic mass is 32.1. The smallest absolute Gasteiger partial charge is 0.0728 e. The van der Waals surface area contributed by atoms with Gasteiger partial charge in [0.15, 0.2) is 0 Å². The van der Waals surface area contributed by atoms with Gasteiger partial charge in [0.05, 0.1) is 21.4 Å². The standard InChI is InChI=1S/C75H63N3S/c1-73(2,3)54-30-20-34-58(44-54)76(56-32-18-28-51(40-56)48-22-12-9-13-23-48)60-36-38-62-66(46-60)75(7,8)68-64-42-53(50-26-16-11-17-27-50)43-65-69(64)78(70(62)68)71-63-39-37-61(47-67(63)79-72(65)71)77(59-35-21-31-55(45-59)74(4,5)6)57-33-19-29-52(41-57)49-24-14-10-15-25-49/h9-47H,1-8H3. The summed E-state index contributed by atoms with van der Waals surface area (Å²) in [5.74, 6) is 0. The van der Waals surface area contributed by atoms with Gasteiger partial charge < -0.3 is 14.2 Å². The normalized spacial score (nSPS) is 13.2. The first-order valence-electron chi connectivity index (χ1n) is 27.8. The highest BCUT2D eigenvalue weighted by Crippen LogP contribution is 2.58. The zero-order valence-electron chi connectivity index (χ0n) is 46.3. The van der Waals surface area contributed by atoms with Crippen LogP contribution in [0.25, 0.3) is 81.2 Å². The number of nitrogens with zero attached hydrogens (tertiary/aromatic N) is 3. The highest BCUT2D eigenvalue weighted by Gasteiger charge is 2.42. The molecule has 0 saturated carbocycles. The summed E-state index contributed by atoms with van der Waals surface area (Å²) in [6.07, 6.45) is 0. The van der Waals surface area contributed by atoms with Crippen molar-refractivity contribution in [2.75, 3.05) is 9.80 Å². The van der Waals surface area contributed by atoms with E-state index in [1.54, 1.807) is 0 Å². The maximum atomic E-state index is 2.66. The molecule has 10 aromatic carbocycles. The van der Waals surface area contributed by atoms with E-state index in [2.05, 4.69) is 306 Å². The van der Waals surface area contributed by atoms with Gasteiger partial charge >= 0.3 is 0 Å². The fourth-order valence-corrected chi connectivity index (χ4v) is 13.9. The summed E-state index contributed by atoms with van der Waals surface area (Å²) in [5, 5.41) is 3.91. The first-order valence-corrected chi connectivity index (χ1v) is 28.6. The minimum atomic E-state index is -0.325. The van der Waals surface area contributed by atoms with Crippen molar-refractivity contribution in [1.82, 2.24) is 4.40 Å². The van der Waals surface area contributed by atoms with Crippen LogP contribution in [0.2, 0.25) is 0 Å². The van der Waals surface area contributed by atoms with E-state index < -0.39 is 0 Å². The number of fused-ring (bicyclic) bond motifs is 10. The Morgan fingerprint density at radius 3 is 1.34 bits per heavy atom. The maximum absolute atomic E-state index is 2.66. The zero-order valence-corrected chi connectivity index (χ0v) is 47.1. The minimum absolute atomic E-state index is 0.0128. The van der Waals surface area contributed by atoms with Gasteiger partial charge in [-0.25, -0.2) is 0 Å². The van der Waals surface area contributed by atoms with Gasteiger partial charge in [-0.05, 0) is 157 Å². The number of aromatic nitrogens is 1. The van der Waals surface area contributed by atoms with Crippen LogP contribution < -0.4 is 9.80 Å². The van der Waals surface area contributed by atoms with E-state index in [-0.39, 0.29) is 16.2 Å². The van der Waals surface area contributed by atoms with Crippen molar-refractivity contribution < 1.29 is 0 Å². The number of hydrogen-bond acceptors (Lipinski definition) is 3. The van der Waals surface area contributed by atoms with Crippen molar-refractivity contribution in [2.24, 2.45) is 0 Å². The average Bonchev–Trinajstić information content (AvgIpc) is 3.27. The molecule has 0 aliphatic heterocycles. The third-order valence-electron chi connectivity index (χ3n) is 16.7. The monoisotopic (exact) mass is 1040 g/mol. The van der Waals surface area contributed by atoms with Crippen LogP contribution in [0.5, 0.6) is 0 Å². The van der Waals surface area contributed by atoms with Crippen molar-refractivity contribution >= 4 is 82.1 Å². The molecule has 1 aliphatic rings. The van der Waals surface area contributed by atoms with Crippen LogP contribution in [-0.2, 0) is 16.2 Å². The first kappa shape index (κ1) is 48.7. The molecule has 4 heteroatoms. The van der Waals surface area contributed by atoms with Crippen LogP contribution in [0, 0.1) is 0 Å². The highest BCUT2D eigenvalue weighted by molar-refractivity contribution is 7.26. The Kier molecular flexibility index (Phi) is 11.2. The van der Waals surface area contributed by atoms with Crippen LogP contribution in [-0.4, -0.2) is 4.40 Å². The molecule has 0 N–H and O–H groups in total. The molecule has 14 rings (SSSR count). The number of thiophene rings is 1. The fourth-order valence-electron chi connectivity index (χ4n) is 12.7. The van der Waals surface area contributed by atoms with E-state index >= 15 is 0 Å². The summed E-state index contributed by atoms with van der Waals surface area (Å²) < 4.78 is 5.26. The molecule has 0 fully saturated rings. The second-order valence-electron chi connectivity index (χ2n) is 24.3. The van der Waals surface area contributed by atoms with Crippen molar-refractivity contribution in [3.8, 4) is 44.6 Å². The van der Waals surface area contributed by atoms with Crippen LogP contribution in [0.3, 0.4) is 0 Å². The van der Waals surface area contributed by atoms with Crippen LogP contribution in [0.15, 0.2) is 237 Å². The van der Waals surface area contributed by atoms with Gasteiger partial charge in [-0.1, -0.05) is 201 Å². The van der Waals surface area contributed by atoms with Crippen molar-refractivity contribution in [3.63, 3.8) is 0 Å². The summed E-state index contributed by atoms with van der Waals surface area (Å²) in [4.78, 5) is 4.93.